The van der Waals surface area contributed by atoms with Crippen LogP contribution < -0.4 is 10.1 Å². The Balaban J connectivity index is 1.42. The largest absolute Gasteiger partial charge is 0.480 e. The third kappa shape index (κ3) is 7.17. The number of carbonyl (C=O) groups excluding carboxylic acids is 2. The molecule has 3 aromatic carbocycles. The molecule has 0 saturated heterocycles. The molecule has 5 rings (SSSR count). The maximum Gasteiger partial charge on any atom is 0.341 e. The average molecular weight is 559 g/mol. The van der Waals surface area contributed by atoms with Gasteiger partial charge in [-0.3, -0.25) is 9.97 Å². The van der Waals surface area contributed by atoms with Crippen molar-refractivity contribution in [2.24, 2.45) is 0 Å². The molecular formula is C34H30N4O4. The molecule has 5 aromatic rings. The summed E-state index contributed by atoms with van der Waals surface area (Å²) in [7, 11) is 1.31. The second-order valence-electron chi connectivity index (χ2n) is 9.45. The fraction of sp³-hybridized carbons (Fsp3) is 0.118. The normalized spacial score (nSPS) is 10.6. The van der Waals surface area contributed by atoms with Crippen LogP contribution in [0.2, 0.25) is 0 Å². The van der Waals surface area contributed by atoms with E-state index in [0.717, 1.165) is 22.5 Å². The van der Waals surface area contributed by atoms with Crippen LogP contribution in [0.1, 0.15) is 39.0 Å². The molecule has 8 heteroatoms. The summed E-state index contributed by atoms with van der Waals surface area (Å²) in [6.45, 7) is 0.536. The van der Waals surface area contributed by atoms with E-state index >= 15 is 0 Å². The summed E-state index contributed by atoms with van der Waals surface area (Å²) in [6, 6.07) is 35.2. The van der Waals surface area contributed by atoms with E-state index in [4.69, 9.17) is 9.47 Å². The molecule has 0 aliphatic carbocycles. The highest BCUT2D eigenvalue weighted by Gasteiger charge is 2.22. The number of benzene rings is 3. The lowest BCUT2D eigenvalue weighted by atomic mass is 10.0. The Morgan fingerprint density at radius 1 is 0.738 bits per heavy atom. The van der Waals surface area contributed by atoms with E-state index in [1.165, 1.54) is 7.11 Å². The van der Waals surface area contributed by atoms with Crippen LogP contribution in [0, 0.1) is 0 Å². The number of ether oxygens (including phenoxy) is 2. The van der Waals surface area contributed by atoms with Crippen molar-refractivity contribution in [3.8, 4) is 5.75 Å². The number of anilines is 1. The summed E-state index contributed by atoms with van der Waals surface area (Å²) in [4.78, 5) is 36.8. The van der Waals surface area contributed by atoms with Gasteiger partial charge in [0.1, 0.15) is 17.4 Å². The average Bonchev–Trinajstić information content (AvgIpc) is 3.05. The topological polar surface area (TPSA) is 93.7 Å². The van der Waals surface area contributed by atoms with Gasteiger partial charge in [-0.2, -0.15) is 0 Å². The third-order valence-electron chi connectivity index (χ3n) is 6.53. The monoisotopic (exact) mass is 558 g/mol. The molecule has 0 unspecified atom stereocenters. The molecule has 0 bridgehead atoms. The van der Waals surface area contributed by atoms with Gasteiger partial charge in [-0.25, -0.2) is 9.59 Å². The molecule has 2 heterocycles. The van der Waals surface area contributed by atoms with Gasteiger partial charge in [-0.15, -0.1) is 0 Å². The molecule has 0 atom stereocenters. The van der Waals surface area contributed by atoms with Crippen LogP contribution in [0.15, 0.2) is 128 Å². The quantitative estimate of drug-likeness (QED) is 0.193. The van der Waals surface area contributed by atoms with Crippen molar-refractivity contribution in [2.45, 2.75) is 19.2 Å². The van der Waals surface area contributed by atoms with Gasteiger partial charge in [0.25, 0.3) is 0 Å². The standard InChI is InChI=1S/C34H30N4O4/c1-41-33(39)30-22-27(18-19-31(30)42-32(25-12-4-2-5-13-25)26-14-6-3-7-15-26)37-34(40)38(23-28-16-8-10-20-35-28)24-29-17-9-11-21-36-29/h2-22,32H,23-24H2,1H3,(H,37,40). The molecule has 0 aliphatic rings. The molecule has 2 aromatic heterocycles. The van der Waals surface area contributed by atoms with Crippen molar-refractivity contribution in [3.05, 3.63) is 156 Å². The zero-order chi connectivity index (χ0) is 29.1. The van der Waals surface area contributed by atoms with Crippen LogP contribution in [0.5, 0.6) is 5.75 Å². The first-order valence-electron chi connectivity index (χ1n) is 13.5. The predicted octanol–water partition coefficient (Wildman–Crippen LogP) is 6.67. The number of methoxy groups -OCH3 is 1. The lowest BCUT2D eigenvalue weighted by molar-refractivity contribution is 0.0594. The van der Waals surface area contributed by atoms with Crippen LogP contribution in [0.3, 0.4) is 0 Å². The number of esters is 1. The van der Waals surface area contributed by atoms with E-state index < -0.39 is 12.1 Å². The number of aromatic nitrogens is 2. The van der Waals surface area contributed by atoms with E-state index in [0.29, 0.717) is 11.4 Å². The highest BCUT2D eigenvalue weighted by atomic mass is 16.5. The Kier molecular flexibility index (Phi) is 9.16. The van der Waals surface area contributed by atoms with Gasteiger partial charge < -0.3 is 19.7 Å². The maximum absolute atomic E-state index is 13.5. The Morgan fingerprint density at radius 3 is 1.79 bits per heavy atom. The van der Waals surface area contributed by atoms with Gasteiger partial charge in [0.15, 0.2) is 0 Å². The summed E-state index contributed by atoms with van der Waals surface area (Å²) >= 11 is 0. The summed E-state index contributed by atoms with van der Waals surface area (Å²) in [5.74, 6) is -0.254. The van der Waals surface area contributed by atoms with E-state index in [9.17, 15) is 9.59 Å². The number of nitrogens with zero attached hydrogens (tertiary/aromatic N) is 3. The van der Waals surface area contributed by atoms with Crippen molar-refractivity contribution < 1.29 is 19.1 Å². The minimum absolute atomic E-state index is 0.188. The first-order chi connectivity index (χ1) is 20.6. The SMILES string of the molecule is COC(=O)c1cc(NC(=O)N(Cc2ccccn2)Cc2ccccn2)ccc1OC(c1ccccc1)c1ccccc1. The zero-order valence-electron chi connectivity index (χ0n) is 23.1. The molecule has 0 aliphatic heterocycles. The number of nitrogens with one attached hydrogen (secondary N) is 1. The van der Waals surface area contributed by atoms with E-state index in [2.05, 4.69) is 15.3 Å². The lowest BCUT2D eigenvalue weighted by Crippen LogP contribution is -2.34. The first kappa shape index (κ1) is 28.0. The summed E-state index contributed by atoms with van der Waals surface area (Å²) in [6.07, 6.45) is 2.90. The number of carbonyl (C=O) groups is 2. The molecule has 0 spiro atoms. The second-order valence-corrected chi connectivity index (χ2v) is 9.45. The van der Waals surface area contributed by atoms with E-state index in [-0.39, 0.29) is 24.7 Å². The van der Waals surface area contributed by atoms with Gasteiger partial charge in [-0.05, 0) is 53.6 Å². The van der Waals surface area contributed by atoms with Crippen molar-refractivity contribution in [1.29, 1.82) is 0 Å². The Hall–Kier alpha value is -5.50. The lowest BCUT2D eigenvalue weighted by Gasteiger charge is -2.24. The second kappa shape index (κ2) is 13.7. The first-order valence-corrected chi connectivity index (χ1v) is 13.5. The van der Waals surface area contributed by atoms with Crippen molar-refractivity contribution in [1.82, 2.24) is 14.9 Å². The molecule has 1 N–H and O–H groups in total. The van der Waals surface area contributed by atoms with Crippen LogP contribution in [-0.4, -0.2) is 34.0 Å². The maximum atomic E-state index is 13.5. The molecule has 210 valence electrons. The summed E-state index contributed by atoms with van der Waals surface area (Å²) in [5.41, 5.74) is 3.92. The van der Waals surface area contributed by atoms with Crippen molar-refractivity contribution in [3.63, 3.8) is 0 Å². The number of amides is 2. The van der Waals surface area contributed by atoms with Gasteiger partial charge in [-0.1, -0.05) is 72.8 Å². The van der Waals surface area contributed by atoms with Crippen LogP contribution in [0.4, 0.5) is 10.5 Å². The summed E-state index contributed by atoms with van der Waals surface area (Å²) in [5, 5.41) is 2.91. The molecule has 0 radical (unpaired) electrons. The molecule has 8 nitrogen and oxygen atoms in total. The zero-order valence-corrected chi connectivity index (χ0v) is 23.1. The molecular weight excluding hydrogens is 528 g/mol. The minimum atomic E-state index is -0.584. The molecule has 0 saturated carbocycles. The highest BCUT2D eigenvalue weighted by molar-refractivity contribution is 5.96. The summed E-state index contributed by atoms with van der Waals surface area (Å²) < 4.78 is 11.5. The Labute approximate surface area is 244 Å². The smallest absolute Gasteiger partial charge is 0.341 e. The third-order valence-corrected chi connectivity index (χ3v) is 6.53. The molecule has 0 fully saturated rings. The Bertz CT molecular complexity index is 1520. The Morgan fingerprint density at radius 2 is 1.29 bits per heavy atom. The number of pyridine rings is 2. The highest BCUT2D eigenvalue weighted by Crippen LogP contribution is 2.32. The number of urea groups is 1. The van der Waals surface area contributed by atoms with Gasteiger partial charge in [0.2, 0.25) is 0 Å². The van der Waals surface area contributed by atoms with Crippen LogP contribution >= 0.6 is 0 Å². The number of hydrogen-bond donors (Lipinski definition) is 1. The van der Waals surface area contributed by atoms with Crippen LogP contribution in [-0.2, 0) is 17.8 Å². The van der Waals surface area contributed by atoms with Gasteiger partial charge in [0.05, 0.1) is 31.6 Å². The van der Waals surface area contributed by atoms with Crippen LogP contribution in [0.25, 0.3) is 0 Å². The van der Waals surface area contributed by atoms with E-state index in [1.807, 2.05) is 97.1 Å². The number of rotatable bonds is 10. The fourth-order valence-electron chi connectivity index (χ4n) is 4.47. The van der Waals surface area contributed by atoms with Gasteiger partial charge in [0, 0.05) is 18.1 Å². The van der Waals surface area contributed by atoms with E-state index in [1.54, 1.807) is 35.5 Å². The van der Waals surface area contributed by atoms with Crippen molar-refractivity contribution >= 4 is 17.7 Å². The minimum Gasteiger partial charge on any atom is -0.480 e. The molecule has 42 heavy (non-hydrogen) atoms. The van der Waals surface area contributed by atoms with Gasteiger partial charge >= 0.3 is 12.0 Å². The fourth-order valence-corrected chi connectivity index (χ4v) is 4.47. The van der Waals surface area contributed by atoms with Crippen molar-refractivity contribution in [2.75, 3.05) is 12.4 Å². The molecule has 2 amide bonds. The predicted molar refractivity (Wildman–Crippen MR) is 160 cm³/mol. The number of hydrogen-bond acceptors (Lipinski definition) is 6.